The van der Waals surface area contributed by atoms with E-state index < -0.39 is 11.9 Å². The van der Waals surface area contributed by atoms with Gasteiger partial charge >= 0.3 is 11.9 Å². The van der Waals surface area contributed by atoms with Gasteiger partial charge in [-0.05, 0) is 73.9 Å². The molecule has 0 spiro atoms. The summed E-state index contributed by atoms with van der Waals surface area (Å²) in [5.74, 6) is -1.54. The second-order valence-electron chi connectivity index (χ2n) is 11.0. The maximum Gasteiger partial charge on any atom is 0.328 e. The molecule has 2 heterocycles. The molecule has 0 aromatic heterocycles. The number of hydrogen-bond acceptors (Lipinski definition) is 5. The monoisotopic (exact) mass is 568 g/mol. The van der Waals surface area contributed by atoms with E-state index in [-0.39, 0.29) is 0 Å². The summed E-state index contributed by atoms with van der Waals surface area (Å²) in [6.07, 6.45) is 7.49. The molecule has 7 nitrogen and oxygen atoms in total. The van der Waals surface area contributed by atoms with Crippen molar-refractivity contribution in [2.75, 3.05) is 24.5 Å². The molecule has 3 aromatic rings. The van der Waals surface area contributed by atoms with Gasteiger partial charge in [-0.2, -0.15) is 0 Å². The molecule has 0 unspecified atom stereocenters. The molecule has 0 radical (unpaired) electrons. The Hall–Kier alpha value is -4.23. The molecule has 5 rings (SSSR count). The van der Waals surface area contributed by atoms with E-state index in [1.54, 1.807) is 0 Å². The molecule has 0 atom stereocenters. The van der Waals surface area contributed by atoms with Gasteiger partial charge in [0.15, 0.2) is 5.78 Å². The number of piperidine rings is 1. The van der Waals surface area contributed by atoms with Crippen LogP contribution in [0.2, 0.25) is 0 Å². The van der Waals surface area contributed by atoms with E-state index in [2.05, 4.69) is 88.7 Å². The van der Waals surface area contributed by atoms with Crippen LogP contribution in [0.25, 0.3) is 0 Å². The number of carboxylic acids is 2. The van der Waals surface area contributed by atoms with Crippen LogP contribution in [-0.4, -0.2) is 52.5 Å². The van der Waals surface area contributed by atoms with Gasteiger partial charge in [-0.1, -0.05) is 72.8 Å². The lowest BCUT2D eigenvalue weighted by atomic mass is 9.89. The number of ketones is 1. The van der Waals surface area contributed by atoms with Crippen LogP contribution in [0, 0.1) is 5.92 Å². The molecule has 0 bridgehead atoms. The van der Waals surface area contributed by atoms with Crippen LogP contribution in [0.4, 0.5) is 5.69 Å². The van der Waals surface area contributed by atoms with E-state index in [4.69, 9.17) is 10.2 Å². The van der Waals surface area contributed by atoms with Gasteiger partial charge in [-0.25, -0.2) is 9.59 Å². The van der Waals surface area contributed by atoms with Gasteiger partial charge in [0.2, 0.25) is 0 Å². The zero-order valence-electron chi connectivity index (χ0n) is 24.0. The first-order valence-electron chi connectivity index (χ1n) is 14.7. The topological polar surface area (TPSA) is 98.2 Å². The van der Waals surface area contributed by atoms with Gasteiger partial charge in [-0.15, -0.1) is 0 Å². The quantitative estimate of drug-likeness (QED) is 0.221. The lowest BCUT2D eigenvalue weighted by Gasteiger charge is -2.32. The van der Waals surface area contributed by atoms with E-state index in [0.29, 0.717) is 30.3 Å². The van der Waals surface area contributed by atoms with Crippen molar-refractivity contribution in [2.45, 2.75) is 51.6 Å². The molecule has 1 saturated heterocycles. The van der Waals surface area contributed by atoms with Gasteiger partial charge in [-0.3, -0.25) is 9.69 Å². The minimum Gasteiger partial charge on any atom is -0.478 e. The fourth-order valence-electron chi connectivity index (χ4n) is 5.69. The number of benzene rings is 3. The average molecular weight is 569 g/mol. The molecule has 7 heteroatoms. The number of rotatable bonds is 10. The number of nitrogens with zero attached hydrogens (tertiary/aromatic N) is 2. The van der Waals surface area contributed by atoms with Gasteiger partial charge < -0.3 is 15.1 Å². The Labute approximate surface area is 248 Å². The number of carboxylic acid groups (broad SMARTS) is 2. The summed E-state index contributed by atoms with van der Waals surface area (Å²) in [5, 5.41) is 15.6. The van der Waals surface area contributed by atoms with Crippen molar-refractivity contribution in [3.63, 3.8) is 0 Å². The fourth-order valence-corrected chi connectivity index (χ4v) is 5.69. The van der Waals surface area contributed by atoms with Crippen LogP contribution in [0.5, 0.6) is 0 Å². The Balaban J connectivity index is 0.000000446. The molecule has 42 heavy (non-hydrogen) atoms. The number of anilines is 1. The molecule has 0 amide bonds. The second kappa shape index (κ2) is 15.7. The number of carbonyl (C=O) groups excluding carboxylic acids is 1. The van der Waals surface area contributed by atoms with Crippen LogP contribution < -0.4 is 4.90 Å². The van der Waals surface area contributed by atoms with E-state index in [1.165, 1.54) is 41.6 Å². The Morgan fingerprint density at radius 3 is 1.95 bits per heavy atom. The summed E-state index contributed by atoms with van der Waals surface area (Å²) in [7, 11) is 0. The summed E-state index contributed by atoms with van der Waals surface area (Å²) >= 11 is 0. The van der Waals surface area contributed by atoms with Gasteiger partial charge in [0.25, 0.3) is 0 Å². The predicted octanol–water partition coefficient (Wildman–Crippen LogP) is 6.23. The molecule has 220 valence electrons. The highest BCUT2D eigenvalue weighted by Crippen LogP contribution is 2.31. The maximum atomic E-state index is 13.1. The van der Waals surface area contributed by atoms with E-state index in [9.17, 15) is 14.4 Å². The largest absolute Gasteiger partial charge is 0.478 e. The number of hydrogen-bond donors (Lipinski definition) is 2. The summed E-state index contributed by atoms with van der Waals surface area (Å²) in [5.41, 5.74) is 6.25. The van der Waals surface area contributed by atoms with Crippen LogP contribution >= 0.6 is 0 Å². The van der Waals surface area contributed by atoms with Crippen molar-refractivity contribution in [3.05, 3.63) is 113 Å². The number of carbonyl (C=O) groups is 3. The zero-order chi connectivity index (χ0) is 29.7. The first-order valence-corrected chi connectivity index (χ1v) is 14.7. The Bertz CT molecular complexity index is 1330. The standard InChI is InChI=1S/C31H36N2O.C4H4O4/c34-31(16-13-25-17-20-32(21-18-25)23-26-8-3-1-4-9-26)29-15-14-28-12-7-19-33(30(28)22-29)24-27-10-5-2-6-11-27;5-3(6)1-2-4(7)8/h1-6,8-11,14-15,22,25H,7,12-13,16-21,23-24H2;1-2H,(H,5,6)(H,7,8). The molecule has 2 aliphatic rings. The fraction of sp³-hybridized carbons (Fsp3) is 0.343. The van der Waals surface area contributed by atoms with Gasteiger partial charge in [0.05, 0.1) is 0 Å². The number of Topliss-reactive ketones (excluding diaryl/α,β-unsaturated/α-hetero) is 1. The Morgan fingerprint density at radius 2 is 1.36 bits per heavy atom. The molecule has 1 fully saturated rings. The molecule has 0 aliphatic carbocycles. The third kappa shape index (κ3) is 9.70. The summed E-state index contributed by atoms with van der Waals surface area (Å²) < 4.78 is 0. The molecular formula is C35H40N2O5. The highest BCUT2D eigenvalue weighted by molar-refractivity contribution is 5.97. The Morgan fingerprint density at radius 1 is 0.762 bits per heavy atom. The highest BCUT2D eigenvalue weighted by Gasteiger charge is 2.22. The number of likely N-dealkylation sites (tertiary alicyclic amines) is 1. The SMILES string of the molecule is O=C(CCC1CCN(Cc2ccccc2)CC1)c1ccc2c(c1)N(Cc1ccccc1)CCC2.O=C(O)C=CC(=O)O. The highest BCUT2D eigenvalue weighted by atomic mass is 16.4. The van der Waals surface area contributed by atoms with E-state index >= 15 is 0 Å². The van der Waals surface area contributed by atoms with Crippen LogP contribution in [0.3, 0.4) is 0 Å². The summed E-state index contributed by atoms with van der Waals surface area (Å²) in [6.45, 7) is 5.29. The molecular weight excluding hydrogens is 528 g/mol. The van der Waals surface area contributed by atoms with Crippen molar-refractivity contribution >= 4 is 23.4 Å². The molecule has 2 aliphatic heterocycles. The lowest BCUT2D eigenvalue weighted by Crippen LogP contribution is -2.33. The number of aryl methyl sites for hydroxylation is 1. The molecule has 0 saturated carbocycles. The van der Waals surface area contributed by atoms with Crippen molar-refractivity contribution in [3.8, 4) is 0 Å². The lowest BCUT2D eigenvalue weighted by molar-refractivity contribution is -0.134. The normalized spacial score (nSPS) is 15.5. The summed E-state index contributed by atoms with van der Waals surface area (Å²) in [4.78, 5) is 37.2. The van der Waals surface area contributed by atoms with E-state index in [0.717, 1.165) is 51.1 Å². The summed E-state index contributed by atoms with van der Waals surface area (Å²) in [6, 6.07) is 27.8. The van der Waals surface area contributed by atoms with Crippen LogP contribution in [0.15, 0.2) is 91.0 Å². The van der Waals surface area contributed by atoms with Crippen molar-refractivity contribution < 1.29 is 24.6 Å². The van der Waals surface area contributed by atoms with Crippen molar-refractivity contribution in [1.82, 2.24) is 4.90 Å². The van der Waals surface area contributed by atoms with Crippen LogP contribution in [0.1, 0.15) is 59.2 Å². The average Bonchev–Trinajstić information content (AvgIpc) is 3.01. The zero-order valence-corrected chi connectivity index (χ0v) is 24.0. The number of aliphatic carboxylic acids is 2. The number of fused-ring (bicyclic) bond motifs is 1. The van der Waals surface area contributed by atoms with E-state index in [1.807, 2.05) is 0 Å². The Kier molecular flexibility index (Phi) is 11.5. The van der Waals surface area contributed by atoms with Crippen molar-refractivity contribution in [2.24, 2.45) is 5.92 Å². The van der Waals surface area contributed by atoms with Crippen LogP contribution in [-0.2, 0) is 29.1 Å². The van der Waals surface area contributed by atoms with Gasteiger partial charge in [0.1, 0.15) is 0 Å². The first kappa shape index (κ1) is 30.7. The minimum atomic E-state index is -1.26. The maximum absolute atomic E-state index is 13.1. The van der Waals surface area contributed by atoms with Gasteiger partial charge in [0, 0.05) is 49.5 Å². The third-order valence-electron chi connectivity index (χ3n) is 7.94. The predicted molar refractivity (Wildman–Crippen MR) is 165 cm³/mol. The smallest absolute Gasteiger partial charge is 0.328 e. The molecule has 3 aromatic carbocycles. The van der Waals surface area contributed by atoms with Crippen molar-refractivity contribution in [1.29, 1.82) is 0 Å². The first-order chi connectivity index (χ1) is 20.4. The minimum absolute atomic E-state index is 0.305. The second-order valence-corrected chi connectivity index (χ2v) is 11.0. The third-order valence-corrected chi connectivity index (χ3v) is 7.94. The molecule has 2 N–H and O–H groups in total.